The van der Waals surface area contributed by atoms with Crippen LogP contribution in [0.1, 0.15) is 12.8 Å². The van der Waals surface area contributed by atoms with Crippen LogP contribution in [0.25, 0.3) is 0 Å². The third-order valence-electron chi connectivity index (χ3n) is 2.94. The highest BCUT2D eigenvalue weighted by molar-refractivity contribution is 5.23. The van der Waals surface area contributed by atoms with E-state index < -0.39 is 6.10 Å². The zero-order chi connectivity index (χ0) is 12.1. The summed E-state index contributed by atoms with van der Waals surface area (Å²) in [7, 11) is 0. The van der Waals surface area contributed by atoms with Crippen molar-refractivity contribution in [2.75, 3.05) is 26.2 Å². The number of β-amino-alcohol motifs (C(OH)–C–C–N with tert-alkyl or cyclic N) is 1. The van der Waals surface area contributed by atoms with Crippen molar-refractivity contribution >= 4 is 0 Å². The largest absolute Gasteiger partial charge is 0.488 e. The average molecular weight is 239 g/mol. The minimum absolute atomic E-state index is 0.136. The smallest absolute Gasteiger partial charge is 0.165 e. The maximum Gasteiger partial charge on any atom is 0.165 e. The molecule has 0 saturated carbocycles. The summed E-state index contributed by atoms with van der Waals surface area (Å²) in [6.45, 7) is 2.82. The van der Waals surface area contributed by atoms with Crippen molar-refractivity contribution in [3.8, 4) is 5.75 Å². The second-order valence-electron chi connectivity index (χ2n) is 4.40. The molecule has 3 nitrogen and oxygen atoms in total. The van der Waals surface area contributed by atoms with Crippen LogP contribution in [-0.2, 0) is 0 Å². The number of ether oxygens (including phenoxy) is 1. The molecule has 0 spiro atoms. The number of aliphatic hydroxyl groups is 1. The monoisotopic (exact) mass is 239 g/mol. The van der Waals surface area contributed by atoms with Crippen LogP contribution in [0, 0.1) is 5.82 Å². The molecule has 1 aromatic carbocycles. The Bertz CT molecular complexity index is 353. The van der Waals surface area contributed by atoms with Crippen molar-refractivity contribution in [2.45, 2.75) is 18.9 Å². The number of para-hydroxylation sites is 1. The molecule has 0 unspecified atom stereocenters. The summed E-state index contributed by atoms with van der Waals surface area (Å²) in [4.78, 5) is 2.20. The highest BCUT2D eigenvalue weighted by Crippen LogP contribution is 2.15. The molecular weight excluding hydrogens is 221 g/mol. The van der Waals surface area contributed by atoms with Gasteiger partial charge in [-0.05, 0) is 38.1 Å². The van der Waals surface area contributed by atoms with E-state index in [9.17, 15) is 9.50 Å². The van der Waals surface area contributed by atoms with Crippen molar-refractivity contribution in [1.29, 1.82) is 0 Å². The lowest BCUT2D eigenvalue weighted by atomic mass is 10.3. The Morgan fingerprint density at radius 1 is 1.29 bits per heavy atom. The Morgan fingerprint density at radius 2 is 2.00 bits per heavy atom. The SMILES string of the molecule is O[C@H](COc1ccccc1F)CN1CCCC1. The molecule has 0 bridgehead atoms. The van der Waals surface area contributed by atoms with E-state index in [1.807, 2.05) is 0 Å². The second kappa shape index (κ2) is 5.98. The molecule has 1 aliphatic heterocycles. The molecule has 1 atom stereocenters. The van der Waals surface area contributed by atoms with Crippen LogP contribution in [0.5, 0.6) is 5.75 Å². The molecule has 1 heterocycles. The van der Waals surface area contributed by atoms with E-state index in [1.54, 1.807) is 18.2 Å². The lowest BCUT2D eigenvalue weighted by molar-refractivity contribution is 0.0743. The fourth-order valence-electron chi connectivity index (χ4n) is 2.06. The highest BCUT2D eigenvalue weighted by atomic mass is 19.1. The Kier molecular flexibility index (Phi) is 4.34. The first kappa shape index (κ1) is 12.3. The van der Waals surface area contributed by atoms with E-state index in [1.165, 1.54) is 18.9 Å². The van der Waals surface area contributed by atoms with Crippen LogP contribution in [0.4, 0.5) is 4.39 Å². The van der Waals surface area contributed by atoms with Crippen LogP contribution in [0.2, 0.25) is 0 Å². The minimum Gasteiger partial charge on any atom is -0.488 e. The fraction of sp³-hybridized carbons (Fsp3) is 0.538. The van der Waals surface area contributed by atoms with Gasteiger partial charge in [0.05, 0.1) is 0 Å². The molecule has 94 valence electrons. The Morgan fingerprint density at radius 3 is 2.71 bits per heavy atom. The first-order chi connectivity index (χ1) is 8.25. The van der Waals surface area contributed by atoms with Gasteiger partial charge in [-0.25, -0.2) is 4.39 Å². The molecule has 1 saturated heterocycles. The first-order valence-electron chi connectivity index (χ1n) is 6.03. The summed E-state index contributed by atoms with van der Waals surface area (Å²) >= 11 is 0. The van der Waals surface area contributed by atoms with Crippen LogP contribution >= 0.6 is 0 Å². The van der Waals surface area contributed by atoms with Gasteiger partial charge in [0.2, 0.25) is 0 Å². The Labute approximate surface area is 101 Å². The quantitative estimate of drug-likeness (QED) is 0.848. The molecule has 0 aromatic heterocycles. The summed E-state index contributed by atoms with van der Waals surface area (Å²) in [6, 6.07) is 6.24. The van der Waals surface area contributed by atoms with E-state index in [0.717, 1.165) is 13.1 Å². The molecule has 0 amide bonds. The molecule has 1 aromatic rings. The van der Waals surface area contributed by atoms with Crippen LogP contribution in [0.15, 0.2) is 24.3 Å². The van der Waals surface area contributed by atoms with E-state index in [0.29, 0.717) is 6.54 Å². The molecule has 1 N–H and O–H groups in total. The average Bonchev–Trinajstić information content (AvgIpc) is 2.81. The lowest BCUT2D eigenvalue weighted by Gasteiger charge is -2.19. The topological polar surface area (TPSA) is 32.7 Å². The van der Waals surface area contributed by atoms with Gasteiger partial charge in [-0.1, -0.05) is 12.1 Å². The number of nitrogens with zero attached hydrogens (tertiary/aromatic N) is 1. The first-order valence-corrected chi connectivity index (χ1v) is 6.03. The summed E-state index contributed by atoms with van der Waals surface area (Å²) in [5, 5.41) is 9.77. The second-order valence-corrected chi connectivity index (χ2v) is 4.40. The molecule has 17 heavy (non-hydrogen) atoms. The zero-order valence-corrected chi connectivity index (χ0v) is 9.81. The molecular formula is C13H18FNO2. The van der Waals surface area contributed by atoms with E-state index >= 15 is 0 Å². The number of hydrogen-bond acceptors (Lipinski definition) is 3. The van der Waals surface area contributed by atoms with Crippen molar-refractivity contribution in [2.24, 2.45) is 0 Å². The number of benzene rings is 1. The van der Waals surface area contributed by atoms with Gasteiger partial charge in [-0.2, -0.15) is 0 Å². The number of aliphatic hydroxyl groups excluding tert-OH is 1. The predicted molar refractivity (Wildman–Crippen MR) is 63.6 cm³/mol. The highest BCUT2D eigenvalue weighted by Gasteiger charge is 2.16. The Hall–Kier alpha value is -1.13. The van der Waals surface area contributed by atoms with Crippen molar-refractivity contribution in [3.63, 3.8) is 0 Å². The Balaban J connectivity index is 1.75. The zero-order valence-electron chi connectivity index (χ0n) is 9.81. The fourth-order valence-corrected chi connectivity index (χ4v) is 2.06. The van der Waals surface area contributed by atoms with E-state index in [4.69, 9.17) is 4.74 Å². The summed E-state index contributed by atoms with van der Waals surface area (Å²) in [5.74, 6) is -0.186. The van der Waals surface area contributed by atoms with Crippen molar-refractivity contribution < 1.29 is 14.2 Å². The minimum atomic E-state index is -0.562. The third-order valence-corrected chi connectivity index (χ3v) is 2.94. The van der Waals surface area contributed by atoms with Crippen molar-refractivity contribution in [1.82, 2.24) is 4.90 Å². The lowest BCUT2D eigenvalue weighted by Crippen LogP contribution is -2.33. The van der Waals surface area contributed by atoms with Gasteiger partial charge in [-0.15, -0.1) is 0 Å². The van der Waals surface area contributed by atoms with Gasteiger partial charge in [0.25, 0.3) is 0 Å². The van der Waals surface area contributed by atoms with E-state index in [-0.39, 0.29) is 18.2 Å². The third kappa shape index (κ3) is 3.68. The van der Waals surface area contributed by atoms with Crippen molar-refractivity contribution in [3.05, 3.63) is 30.1 Å². The van der Waals surface area contributed by atoms with Gasteiger partial charge in [-0.3, -0.25) is 0 Å². The summed E-state index contributed by atoms with van der Waals surface area (Å²) < 4.78 is 18.5. The van der Waals surface area contributed by atoms with Gasteiger partial charge in [0, 0.05) is 6.54 Å². The number of halogens is 1. The molecule has 0 aliphatic carbocycles. The maximum atomic E-state index is 13.2. The predicted octanol–water partition coefficient (Wildman–Crippen LogP) is 1.66. The molecule has 0 radical (unpaired) electrons. The number of likely N-dealkylation sites (tertiary alicyclic amines) is 1. The molecule has 1 fully saturated rings. The van der Waals surface area contributed by atoms with Gasteiger partial charge in [0.15, 0.2) is 11.6 Å². The summed E-state index contributed by atoms with van der Waals surface area (Å²) in [5.41, 5.74) is 0. The summed E-state index contributed by atoms with van der Waals surface area (Å²) in [6.07, 6.45) is 1.83. The molecule has 1 aliphatic rings. The standard InChI is InChI=1S/C13H18FNO2/c14-12-5-1-2-6-13(12)17-10-11(16)9-15-7-3-4-8-15/h1-2,5-6,11,16H,3-4,7-10H2/t11-/m0/s1. The molecule has 4 heteroatoms. The molecule has 2 rings (SSSR count). The number of rotatable bonds is 5. The van der Waals surface area contributed by atoms with Gasteiger partial charge >= 0.3 is 0 Å². The van der Waals surface area contributed by atoms with E-state index in [2.05, 4.69) is 4.90 Å². The normalized spacial score (nSPS) is 18.2. The van der Waals surface area contributed by atoms with Gasteiger partial charge in [0.1, 0.15) is 12.7 Å². The van der Waals surface area contributed by atoms with Crippen LogP contribution in [0.3, 0.4) is 0 Å². The maximum absolute atomic E-state index is 13.2. The van der Waals surface area contributed by atoms with Crippen LogP contribution < -0.4 is 4.74 Å². The number of hydrogen-bond donors (Lipinski definition) is 1. The van der Waals surface area contributed by atoms with Gasteiger partial charge < -0.3 is 14.7 Å². The van der Waals surface area contributed by atoms with Crippen LogP contribution in [-0.4, -0.2) is 42.4 Å².